The number of fused-ring (bicyclic) bond motifs is 4. The highest BCUT2D eigenvalue weighted by molar-refractivity contribution is 6.22. The van der Waals surface area contributed by atoms with E-state index in [0.29, 0.717) is 11.8 Å². The van der Waals surface area contributed by atoms with Crippen LogP contribution < -0.4 is 0 Å². The Kier molecular flexibility index (Phi) is 6.49. The van der Waals surface area contributed by atoms with Crippen LogP contribution in [0, 0.1) is 11.8 Å². The highest BCUT2D eigenvalue weighted by atomic mass is 14.6. The SMILES string of the molecule is C1=CCC(c2cccc3c(-c4c5ccccc5c(C5=CC6C=CC=CC6C=C5)c5ccccc45)cccc23)C(c2ccncc2)=C1. The minimum absolute atomic E-state index is 0.278. The van der Waals surface area contributed by atoms with Crippen LogP contribution in [0.4, 0.5) is 0 Å². The summed E-state index contributed by atoms with van der Waals surface area (Å²) in [6.45, 7) is 0. The number of hydrogen-bond donors (Lipinski definition) is 0. The molecule has 3 unspecified atom stereocenters. The second-order valence-electron chi connectivity index (χ2n) is 12.6. The predicted molar refractivity (Wildman–Crippen MR) is 195 cm³/mol. The maximum atomic E-state index is 4.28. The lowest BCUT2D eigenvalue weighted by molar-refractivity contribution is 0.663. The maximum Gasteiger partial charge on any atom is 0.0273 e. The van der Waals surface area contributed by atoms with Crippen LogP contribution in [-0.4, -0.2) is 4.98 Å². The van der Waals surface area contributed by atoms with Gasteiger partial charge >= 0.3 is 0 Å². The van der Waals surface area contributed by atoms with Crippen molar-refractivity contribution in [3.63, 3.8) is 0 Å². The van der Waals surface area contributed by atoms with E-state index in [4.69, 9.17) is 0 Å². The number of nitrogens with zero attached hydrogens (tertiary/aromatic N) is 1. The number of aromatic nitrogens is 1. The number of rotatable bonds is 4. The monoisotopic (exact) mass is 587 g/mol. The predicted octanol–water partition coefficient (Wildman–Crippen LogP) is 11.6. The molecule has 5 aromatic carbocycles. The summed E-state index contributed by atoms with van der Waals surface area (Å²) < 4.78 is 0. The molecule has 0 N–H and O–H groups in total. The Labute approximate surface area is 269 Å². The Morgan fingerprint density at radius 1 is 0.543 bits per heavy atom. The Hall–Kier alpha value is -5.53. The van der Waals surface area contributed by atoms with Crippen LogP contribution in [-0.2, 0) is 0 Å². The number of benzene rings is 5. The fourth-order valence-electron chi connectivity index (χ4n) is 8.00. The van der Waals surface area contributed by atoms with Gasteiger partial charge < -0.3 is 0 Å². The highest BCUT2D eigenvalue weighted by Gasteiger charge is 2.25. The summed E-state index contributed by atoms with van der Waals surface area (Å²) in [7, 11) is 0. The third-order valence-electron chi connectivity index (χ3n) is 10.1. The summed E-state index contributed by atoms with van der Waals surface area (Å²) in [6, 6.07) is 36.1. The lowest BCUT2D eigenvalue weighted by Crippen LogP contribution is -2.11. The van der Waals surface area contributed by atoms with Gasteiger partial charge in [0.05, 0.1) is 0 Å². The average molecular weight is 588 g/mol. The van der Waals surface area contributed by atoms with E-state index in [0.717, 1.165) is 6.42 Å². The van der Waals surface area contributed by atoms with Crippen LogP contribution in [0.5, 0.6) is 0 Å². The zero-order valence-corrected chi connectivity index (χ0v) is 25.6. The molecule has 3 atom stereocenters. The van der Waals surface area contributed by atoms with Crippen LogP contribution in [0.25, 0.3) is 54.6 Å². The molecule has 0 spiro atoms. The molecule has 1 nitrogen and oxygen atoms in total. The molecule has 9 rings (SSSR count). The molecule has 6 aromatic rings. The molecule has 1 heterocycles. The van der Waals surface area contributed by atoms with Crippen LogP contribution in [0.3, 0.4) is 0 Å². The second kappa shape index (κ2) is 11.1. The quantitative estimate of drug-likeness (QED) is 0.187. The van der Waals surface area contributed by atoms with E-state index in [1.54, 1.807) is 0 Å². The van der Waals surface area contributed by atoms with Crippen molar-refractivity contribution in [3.05, 3.63) is 187 Å². The lowest BCUT2D eigenvalue weighted by atomic mass is 9.78. The Bertz CT molecular complexity index is 2290. The lowest BCUT2D eigenvalue weighted by Gasteiger charge is -2.26. The van der Waals surface area contributed by atoms with E-state index in [2.05, 4.69) is 163 Å². The van der Waals surface area contributed by atoms with Crippen molar-refractivity contribution >= 4 is 43.5 Å². The summed E-state index contributed by atoms with van der Waals surface area (Å²) >= 11 is 0. The first-order valence-corrected chi connectivity index (χ1v) is 16.3. The summed E-state index contributed by atoms with van der Waals surface area (Å²) in [6.07, 6.45) is 27.7. The molecular weight excluding hydrogens is 555 g/mol. The third kappa shape index (κ3) is 4.35. The standard InChI is InChI=1S/C45H33N/c1-2-12-32-29-33(24-23-30(32)11-1)44-40-15-5-7-17-42(40)45(43-18-8-6-16-41(43)44)39-22-10-20-37-36(19-9-21-38(37)39)35-14-4-3-13-34(35)31-25-27-46-28-26-31/h1-13,15-30,32,35H,14H2. The smallest absolute Gasteiger partial charge is 0.0273 e. The summed E-state index contributed by atoms with van der Waals surface area (Å²) in [4.78, 5) is 4.28. The van der Waals surface area contributed by atoms with Gasteiger partial charge in [0.15, 0.2) is 0 Å². The molecule has 46 heavy (non-hydrogen) atoms. The molecule has 0 radical (unpaired) electrons. The number of allylic oxidation sites excluding steroid dienone is 12. The van der Waals surface area contributed by atoms with Crippen molar-refractivity contribution < 1.29 is 0 Å². The molecular formula is C45H33N. The first-order chi connectivity index (χ1) is 22.8. The first-order valence-electron chi connectivity index (χ1n) is 16.3. The van der Waals surface area contributed by atoms with Crippen LogP contribution >= 0.6 is 0 Å². The summed E-state index contributed by atoms with van der Waals surface area (Å²) in [5.74, 6) is 1.10. The van der Waals surface area contributed by atoms with Gasteiger partial charge in [0.1, 0.15) is 0 Å². The zero-order chi connectivity index (χ0) is 30.5. The van der Waals surface area contributed by atoms with E-state index in [-0.39, 0.29) is 5.92 Å². The summed E-state index contributed by atoms with van der Waals surface area (Å²) in [5.41, 5.74) is 9.19. The van der Waals surface area contributed by atoms with Gasteiger partial charge in [0, 0.05) is 30.1 Å². The molecule has 3 aliphatic carbocycles. The number of pyridine rings is 1. The molecule has 3 aliphatic rings. The average Bonchev–Trinajstić information content (AvgIpc) is 3.13. The van der Waals surface area contributed by atoms with E-state index in [1.165, 1.54) is 71.3 Å². The molecule has 1 heteroatoms. The van der Waals surface area contributed by atoms with Crippen LogP contribution in [0.15, 0.2) is 170 Å². The van der Waals surface area contributed by atoms with E-state index >= 15 is 0 Å². The summed E-state index contributed by atoms with van der Waals surface area (Å²) in [5, 5.41) is 7.80. The first kappa shape index (κ1) is 26.8. The fraction of sp³-hybridized carbons (Fsp3) is 0.0889. The van der Waals surface area contributed by atoms with Crippen molar-refractivity contribution in [2.24, 2.45) is 11.8 Å². The zero-order valence-electron chi connectivity index (χ0n) is 25.6. The minimum Gasteiger partial charge on any atom is -0.265 e. The van der Waals surface area contributed by atoms with Crippen molar-refractivity contribution in [2.75, 3.05) is 0 Å². The van der Waals surface area contributed by atoms with Crippen molar-refractivity contribution in [3.8, 4) is 11.1 Å². The third-order valence-corrected chi connectivity index (χ3v) is 10.1. The fourth-order valence-corrected chi connectivity index (χ4v) is 8.00. The van der Waals surface area contributed by atoms with Gasteiger partial charge in [-0.05, 0) is 89.8 Å². The van der Waals surface area contributed by atoms with Crippen LogP contribution in [0.1, 0.15) is 29.0 Å². The van der Waals surface area contributed by atoms with Gasteiger partial charge in [-0.25, -0.2) is 0 Å². The molecule has 0 bridgehead atoms. The molecule has 0 aliphatic heterocycles. The second-order valence-corrected chi connectivity index (χ2v) is 12.6. The topological polar surface area (TPSA) is 12.9 Å². The molecule has 0 fully saturated rings. The van der Waals surface area contributed by atoms with Gasteiger partial charge in [0.2, 0.25) is 0 Å². The molecule has 0 saturated carbocycles. The largest absolute Gasteiger partial charge is 0.265 e. The normalized spacial score (nSPS) is 20.2. The van der Waals surface area contributed by atoms with Gasteiger partial charge in [-0.2, -0.15) is 0 Å². The van der Waals surface area contributed by atoms with Crippen molar-refractivity contribution in [1.29, 1.82) is 0 Å². The van der Waals surface area contributed by atoms with Gasteiger partial charge in [-0.3, -0.25) is 4.98 Å². The van der Waals surface area contributed by atoms with Crippen molar-refractivity contribution in [1.82, 2.24) is 4.98 Å². The molecule has 0 saturated heterocycles. The van der Waals surface area contributed by atoms with E-state index in [1.807, 2.05) is 12.4 Å². The molecule has 218 valence electrons. The maximum absolute atomic E-state index is 4.28. The minimum atomic E-state index is 0.278. The van der Waals surface area contributed by atoms with Crippen molar-refractivity contribution in [2.45, 2.75) is 12.3 Å². The number of hydrogen-bond acceptors (Lipinski definition) is 1. The van der Waals surface area contributed by atoms with Gasteiger partial charge in [-0.1, -0.05) is 146 Å². The van der Waals surface area contributed by atoms with Crippen LogP contribution in [0.2, 0.25) is 0 Å². The van der Waals surface area contributed by atoms with Gasteiger partial charge in [0.25, 0.3) is 0 Å². The Morgan fingerprint density at radius 3 is 1.96 bits per heavy atom. The molecule has 0 amide bonds. The molecule has 1 aromatic heterocycles. The van der Waals surface area contributed by atoms with E-state index in [9.17, 15) is 0 Å². The Morgan fingerprint density at radius 2 is 1.20 bits per heavy atom. The van der Waals surface area contributed by atoms with Gasteiger partial charge in [-0.15, -0.1) is 0 Å². The Balaban J connectivity index is 1.28. The van der Waals surface area contributed by atoms with E-state index < -0.39 is 0 Å². The highest BCUT2D eigenvalue weighted by Crippen LogP contribution is 2.47.